The highest BCUT2D eigenvalue weighted by Gasteiger charge is 2.50. The molecule has 6 rings (SSSR count). The lowest BCUT2D eigenvalue weighted by molar-refractivity contribution is -0.176. The van der Waals surface area contributed by atoms with Crippen LogP contribution >= 0.6 is 0 Å². The number of nitrogens with zero attached hydrogens (tertiary/aromatic N) is 2. The normalized spacial score (nSPS) is 22.1. The van der Waals surface area contributed by atoms with Crippen LogP contribution in [0, 0.1) is 17.8 Å². The summed E-state index contributed by atoms with van der Waals surface area (Å²) in [5.74, 6) is 0.990. The number of hydrogen-bond donors (Lipinski definition) is 1. The van der Waals surface area contributed by atoms with Crippen molar-refractivity contribution in [2.45, 2.75) is 58.0 Å². The number of rotatable bonds is 11. The first kappa shape index (κ1) is 28.1. The highest BCUT2D eigenvalue weighted by Crippen LogP contribution is 2.53. The van der Waals surface area contributed by atoms with Crippen molar-refractivity contribution in [3.05, 3.63) is 71.6 Å². The van der Waals surface area contributed by atoms with Crippen LogP contribution in [-0.4, -0.2) is 59.7 Å². The second-order valence-corrected chi connectivity index (χ2v) is 11.8. The zero-order chi connectivity index (χ0) is 28.3. The smallest absolute Gasteiger partial charge is 0.337 e. The Kier molecular flexibility index (Phi) is 8.40. The number of benzene rings is 2. The van der Waals surface area contributed by atoms with Gasteiger partial charge >= 0.3 is 11.9 Å². The summed E-state index contributed by atoms with van der Waals surface area (Å²) in [4.78, 5) is 35.1. The van der Waals surface area contributed by atoms with Crippen molar-refractivity contribution in [2.24, 2.45) is 17.8 Å². The Morgan fingerprint density at radius 1 is 1.12 bits per heavy atom. The van der Waals surface area contributed by atoms with E-state index in [0.717, 1.165) is 68.5 Å². The molecule has 7 heteroatoms. The Hall–Kier alpha value is -3.45. The molecular formula is C33H41N3O4. The maximum Gasteiger partial charge on any atom is 0.337 e. The molecule has 3 aliphatic carbocycles. The molecule has 40 heavy (non-hydrogen) atoms. The number of hydrogen-bond acceptors (Lipinski definition) is 6. The quantitative estimate of drug-likeness (QED) is 0.296. The minimum Gasteiger partial charge on any atom is -0.465 e. The molecule has 0 spiro atoms. The van der Waals surface area contributed by atoms with Crippen LogP contribution in [0.15, 0.2) is 54.6 Å². The van der Waals surface area contributed by atoms with Gasteiger partial charge in [-0.25, -0.2) is 9.78 Å². The molecule has 0 radical (unpaired) electrons. The van der Waals surface area contributed by atoms with Gasteiger partial charge in [-0.3, -0.25) is 4.79 Å². The van der Waals surface area contributed by atoms with Gasteiger partial charge in [-0.2, -0.15) is 0 Å². The fourth-order valence-corrected chi connectivity index (χ4v) is 6.33. The molecule has 1 N–H and O–H groups in total. The van der Waals surface area contributed by atoms with Gasteiger partial charge in [-0.1, -0.05) is 50.3 Å². The van der Waals surface area contributed by atoms with E-state index in [1.165, 1.54) is 18.2 Å². The Balaban J connectivity index is 1.21. The van der Waals surface area contributed by atoms with E-state index in [1.54, 1.807) is 12.1 Å². The van der Waals surface area contributed by atoms with Gasteiger partial charge in [-0.05, 0) is 74.5 Å². The Bertz CT molecular complexity index is 1380. The Morgan fingerprint density at radius 3 is 2.62 bits per heavy atom. The summed E-state index contributed by atoms with van der Waals surface area (Å²) in [5, 5.41) is 0. The van der Waals surface area contributed by atoms with E-state index < -0.39 is 5.60 Å². The van der Waals surface area contributed by atoms with Gasteiger partial charge in [0.15, 0.2) is 0 Å². The number of fused-ring (bicyclic) bond motifs is 3. The van der Waals surface area contributed by atoms with Crippen molar-refractivity contribution in [2.75, 3.05) is 27.2 Å². The molecule has 0 saturated heterocycles. The highest BCUT2D eigenvalue weighted by atomic mass is 16.6. The molecule has 1 saturated carbocycles. The fourth-order valence-electron chi connectivity index (χ4n) is 6.33. The van der Waals surface area contributed by atoms with Crippen molar-refractivity contribution in [1.82, 2.24) is 14.9 Å². The number of aromatic amines is 1. The van der Waals surface area contributed by atoms with Crippen LogP contribution in [-0.2, 0) is 20.7 Å². The minimum atomic E-state index is -0.438. The van der Waals surface area contributed by atoms with Crippen LogP contribution in [0.25, 0.3) is 16.6 Å². The standard InChI is InChI=1S/C33H41N3O4/c1-22(2)31(37)40-33(21-25-12-14-26(33)20-27(25)23-9-6-5-7-10-23)16-18-36(3)17-8-11-30-34-28-15-13-24(32(38)39-4)19-29(28)35-30/h5-7,9-10,13,15,19-20,22,25-26H,8,11-12,14,16-18,21H2,1-4H3,(H,34,35)/t25-,26-,33+/m0/s1. The number of imidazole rings is 1. The van der Waals surface area contributed by atoms with E-state index >= 15 is 0 Å². The lowest BCUT2D eigenvalue weighted by Gasteiger charge is -2.50. The molecule has 3 aliphatic rings. The number of methoxy groups -OCH3 is 1. The van der Waals surface area contributed by atoms with Crippen LogP contribution in [0.5, 0.6) is 0 Å². The Morgan fingerprint density at radius 2 is 1.93 bits per heavy atom. The van der Waals surface area contributed by atoms with Crippen LogP contribution in [0.3, 0.4) is 0 Å². The average molecular weight is 544 g/mol. The van der Waals surface area contributed by atoms with Gasteiger partial charge < -0.3 is 19.4 Å². The molecule has 0 amide bonds. The van der Waals surface area contributed by atoms with Gasteiger partial charge in [0.05, 0.1) is 29.6 Å². The van der Waals surface area contributed by atoms with Crippen LogP contribution in [0.4, 0.5) is 0 Å². The van der Waals surface area contributed by atoms with E-state index in [1.807, 2.05) is 19.9 Å². The van der Waals surface area contributed by atoms with Crippen LogP contribution in [0.1, 0.15) is 67.7 Å². The first-order valence-electron chi connectivity index (χ1n) is 14.5. The predicted octanol–water partition coefficient (Wildman–Crippen LogP) is 6.06. The number of H-pyrrole nitrogens is 1. The van der Waals surface area contributed by atoms with E-state index in [-0.39, 0.29) is 23.8 Å². The first-order valence-corrected chi connectivity index (χ1v) is 14.5. The minimum absolute atomic E-state index is 0.0925. The molecule has 0 unspecified atom stereocenters. The summed E-state index contributed by atoms with van der Waals surface area (Å²) in [7, 11) is 3.53. The van der Waals surface area contributed by atoms with Gasteiger partial charge in [0.25, 0.3) is 0 Å². The van der Waals surface area contributed by atoms with Crippen LogP contribution < -0.4 is 0 Å². The molecule has 2 aromatic carbocycles. The number of ether oxygens (including phenoxy) is 2. The van der Waals surface area contributed by atoms with E-state index in [0.29, 0.717) is 11.5 Å². The van der Waals surface area contributed by atoms with E-state index in [2.05, 4.69) is 58.3 Å². The first-order chi connectivity index (χ1) is 19.3. The second kappa shape index (κ2) is 12.0. The molecular weight excluding hydrogens is 502 g/mol. The number of nitrogens with one attached hydrogen (secondary N) is 1. The molecule has 7 nitrogen and oxygen atoms in total. The molecule has 1 aromatic heterocycles. The average Bonchev–Trinajstić information content (AvgIpc) is 3.38. The van der Waals surface area contributed by atoms with Crippen LogP contribution in [0.2, 0.25) is 0 Å². The maximum atomic E-state index is 12.9. The number of aryl methyl sites for hydroxylation is 1. The third-order valence-corrected chi connectivity index (χ3v) is 8.62. The maximum absolute atomic E-state index is 12.9. The summed E-state index contributed by atoms with van der Waals surface area (Å²) in [6, 6.07) is 16.0. The largest absolute Gasteiger partial charge is 0.465 e. The Labute approximate surface area is 237 Å². The number of esters is 2. The monoisotopic (exact) mass is 543 g/mol. The number of aromatic nitrogens is 2. The molecule has 0 aliphatic heterocycles. The van der Waals surface area contributed by atoms with Gasteiger partial charge in [0.1, 0.15) is 11.4 Å². The van der Waals surface area contributed by atoms with Gasteiger partial charge in [0, 0.05) is 25.3 Å². The van der Waals surface area contributed by atoms with Gasteiger partial charge in [0.2, 0.25) is 0 Å². The molecule has 212 valence electrons. The summed E-state index contributed by atoms with van der Waals surface area (Å²) in [5.41, 5.74) is 4.47. The fraction of sp³-hybridized carbons (Fsp3) is 0.485. The number of carbonyl (C=O) groups excluding carboxylic acids is 2. The van der Waals surface area contributed by atoms with E-state index in [9.17, 15) is 9.59 Å². The molecule has 3 aromatic rings. The molecule has 1 fully saturated rings. The summed E-state index contributed by atoms with van der Waals surface area (Å²) in [6.07, 6.45) is 8.13. The van der Waals surface area contributed by atoms with Crippen molar-refractivity contribution in [3.63, 3.8) is 0 Å². The highest BCUT2D eigenvalue weighted by molar-refractivity contribution is 5.93. The van der Waals surface area contributed by atoms with Crippen molar-refractivity contribution < 1.29 is 19.1 Å². The SMILES string of the molecule is COC(=O)c1ccc2[nH]c(CCCN(C)CC[C@@]3(OC(=O)C(C)C)C[C@@H]4CC[C@H]3C=C4c3ccccc3)nc2c1. The van der Waals surface area contributed by atoms with Gasteiger partial charge in [-0.15, -0.1) is 0 Å². The van der Waals surface area contributed by atoms with Crippen molar-refractivity contribution >= 4 is 28.5 Å². The third kappa shape index (κ3) is 5.99. The topological polar surface area (TPSA) is 84.5 Å². The number of carbonyl (C=O) groups is 2. The predicted molar refractivity (Wildman–Crippen MR) is 157 cm³/mol. The zero-order valence-electron chi connectivity index (χ0n) is 24.1. The molecule has 3 atom stereocenters. The lowest BCUT2D eigenvalue weighted by Crippen LogP contribution is -2.51. The molecule has 2 bridgehead atoms. The lowest BCUT2D eigenvalue weighted by atomic mass is 9.60. The second-order valence-electron chi connectivity index (χ2n) is 11.8. The number of allylic oxidation sites excluding steroid dienone is 1. The zero-order valence-corrected chi connectivity index (χ0v) is 24.1. The summed E-state index contributed by atoms with van der Waals surface area (Å²) < 4.78 is 11.2. The molecule has 1 heterocycles. The summed E-state index contributed by atoms with van der Waals surface area (Å²) >= 11 is 0. The summed E-state index contributed by atoms with van der Waals surface area (Å²) in [6.45, 7) is 5.62. The van der Waals surface area contributed by atoms with Crippen molar-refractivity contribution in [3.8, 4) is 0 Å². The van der Waals surface area contributed by atoms with Crippen molar-refractivity contribution in [1.29, 1.82) is 0 Å². The third-order valence-electron chi connectivity index (χ3n) is 8.62. The van der Waals surface area contributed by atoms with E-state index in [4.69, 9.17) is 9.47 Å².